The Labute approximate surface area is 188 Å². The van der Waals surface area contributed by atoms with Crippen molar-refractivity contribution in [2.75, 3.05) is 25.3 Å². The molecule has 0 aliphatic carbocycles. The number of amides is 1. The van der Waals surface area contributed by atoms with E-state index in [4.69, 9.17) is 13.9 Å². The molecule has 10 nitrogen and oxygen atoms in total. The van der Waals surface area contributed by atoms with Crippen molar-refractivity contribution >= 4 is 23.4 Å². The molecule has 1 amide bonds. The Balaban J connectivity index is 1.50. The molecule has 164 valence electrons. The standard InChI is InChI=1S/C21H20N6O4S/c1-29-16-8-14(9-17(10-16)30-2)24-19(28)13-32-21-26-25-20(18-11-22-5-6-23-18)27(21)12-15-4-3-7-31-15/h3-11H,12-13H2,1-2H3,(H,24,28). The van der Waals surface area contributed by atoms with E-state index in [1.807, 2.05) is 16.7 Å². The summed E-state index contributed by atoms with van der Waals surface area (Å²) in [5.74, 6) is 2.34. The van der Waals surface area contributed by atoms with Gasteiger partial charge in [0.25, 0.3) is 0 Å². The van der Waals surface area contributed by atoms with Crippen LogP contribution in [0.4, 0.5) is 5.69 Å². The number of benzene rings is 1. The monoisotopic (exact) mass is 452 g/mol. The summed E-state index contributed by atoms with van der Waals surface area (Å²) in [7, 11) is 3.10. The van der Waals surface area contributed by atoms with Gasteiger partial charge in [-0.3, -0.25) is 14.3 Å². The number of rotatable bonds is 9. The van der Waals surface area contributed by atoms with Crippen LogP contribution in [-0.2, 0) is 11.3 Å². The van der Waals surface area contributed by atoms with E-state index in [0.29, 0.717) is 40.4 Å². The molecule has 0 spiro atoms. The summed E-state index contributed by atoms with van der Waals surface area (Å²) in [6.07, 6.45) is 6.39. The van der Waals surface area contributed by atoms with Gasteiger partial charge >= 0.3 is 0 Å². The molecule has 11 heteroatoms. The predicted molar refractivity (Wildman–Crippen MR) is 118 cm³/mol. The molecule has 0 atom stereocenters. The first kappa shape index (κ1) is 21.4. The van der Waals surface area contributed by atoms with Crippen molar-refractivity contribution in [2.24, 2.45) is 0 Å². The molecular weight excluding hydrogens is 432 g/mol. The molecule has 32 heavy (non-hydrogen) atoms. The molecule has 0 aliphatic rings. The van der Waals surface area contributed by atoms with Crippen molar-refractivity contribution in [3.8, 4) is 23.0 Å². The van der Waals surface area contributed by atoms with E-state index in [1.165, 1.54) is 11.8 Å². The summed E-state index contributed by atoms with van der Waals surface area (Å²) in [6, 6.07) is 8.84. The maximum atomic E-state index is 12.6. The molecule has 0 fully saturated rings. The van der Waals surface area contributed by atoms with Gasteiger partial charge in [-0.25, -0.2) is 4.98 Å². The topological polar surface area (TPSA) is 117 Å². The van der Waals surface area contributed by atoms with E-state index in [-0.39, 0.29) is 11.7 Å². The number of hydrogen-bond donors (Lipinski definition) is 1. The molecule has 0 aliphatic heterocycles. The van der Waals surface area contributed by atoms with Gasteiger partial charge < -0.3 is 19.2 Å². The molecule has 1 N–H and O–H groups in total. The van der Waals surface area contributed by atoms with Crippen molar-refractivity contribution in [1.29, 1.82) is 0 Å². The van der Waals surface area contributed by atoms with E-state index >= 15 is 0 Å². The second kappa shape index (κ2) is 9.96. The molecule has 3 aromatic heterocycles. The van der Waals surface area contributed by atoms with Crippen molar-refractivity contribution in [3.63, 3.8) is 0 Å². The second-order valence-corrected chi connectivity index (χ2v) is 7.44. The fourth-order valence-corrected chi connectivity index (χ4v) is 3.64. The van der Waals surface area contributed by atoms with Crippen LogP contribution in [0, 0.1) is 0 Å². The summed E-state index contributed by atoms with van der Waals surface area (Å²) in [6.45, 7) is 0.392. The zero-order chi connectivity index (χ0) is 22.3. The minimum absolute atomic E-state index is 0.121. The summed E-state index contributed by atoms with van der Waals surface area (Å²) in [4.78, 5) is 21.0. The second-order valence-electron chi connectivity index (χ2n) is 6.50. The SMILES string of the molecule is COc1cc(NC(=O)CSc2nnc(-c3cnccn3)n2Cc2ccco2)cc(OC)c1. The van der Waals surface area contributed by atoms with E-state index in [9.17, 15) is 4.79 Å². The molecule has 0 saturated heterocycles. The van der Waals surface area contributed by atoms with Crippen molar-refractivity contribution in [1.82, 2.24) is 24.7 Å². The molecule has 3 heterocycles. The lowest BCUT2D eigenvalue weighted by molar-refractivity contribution is -0.113. The number of furan rings is 1. The van der Waals surface area contributed by atoms with Crippen LogP contribution in [-0.4, -0.2) is 50.6 Å². The van der Waals surface area contributed by atoms with Gasteiger partial charge in [0, 0.05) is 36.3 Å². The van der Waals surface area contributed by atoms with Gasteiger partial charge in [0.15, 0.2) is 11.0 Å². The Kier molecular flexibility index (Phi) is 6.66. The maximum absolute atomic E-state index is 12.6. The minimum atomic E-state index is -0.209. The predicted octanol–water partition coefficient (Wildman–Crippen LogP) is 3.12. The van der Waals surface area contributed by atoms with Gasteiger partial charge in [-0.2, -0.15) is 0 Å². The number of anilines is 1. The Morgan fingerprint density at radius 2 is 1.97 bits per heavy atom. The highest BCUT2D eigenvalue weighted by Crippen LogP contribution is 2.27. The first-order valence-corrected chi connectivity index (χ1v) is 10.5. The number of hydrogen-bond acceptors (Lipinski definition) is 9. The van der Waals surface area contributed by atoms with Gasteiger partial charge in [0.2, 0.25) is 5.91 Å². The average Bonchev–Trinajstić information content (AvgIpc) is 3.48. The first-order chi connectivity index (χ1) is 15.7. The van der Waals surface area contributed by atoms with Crippen molar-refractivity contribution in [2.45, 2.75) is 11.7 Å². The number of nitrogens with one attached hydrogen (secondary N) is 1. The minimum Gasteiger partial charge on any atom is -0.497 e. The van der Waals surface area contributed by atoms with E-state index in [0.717, 1.165) is 5.76 Å². The van der Waals surface area contributed by atoms with Crippen LogP contribution in [0.3, 0.4) is 0 Å². The summed E-state index contributed by atoms with van der Waals surface area (Å²) in [5, 5.41) is 11.9. The smallest absolute Gasteiger partial charge is 0.234 e. The zero-order valence-electron chi connectivity index (χ0n) is 17.4. The van der Waals surface area contributed by atoms with Crippen molar-refractivity contribution < 1.29 is 18.7 Å². The third-order valence-corrected chi connectivity index (χ3v) is 5.34. The fourth-order valence-electron chi connectivity index (χ4n) is 2.91. The molecule has 0 radical (unpaired) electrons. The van der Waals surface area contributed by atoms with E-state index < -0.39 is 0 Å². The van der Waals surface area contributed by atoms with Crippen LogP contribution in [0.2, 0.25) is 0 Å². The van der Waals surface area contributed by atoms with Gasteiger partial charge in [-0.05, 0) is 12.1 Å². The van der Waals surface area contributed by atoms with Gasteiger partial charge in [0.05, 0.1) is 39.0 Å². The van der Waals surface area contributed by atoms with Gasteiger partial charge in [0.1, 0.15) is 23.0 Å². The lowest BCUT2D eigenvalue weighted by atomic mass is 10.2. The zero-order valence-corrected chi connectivity index (χ0v) is 18.2. The van der Waals surface area contributed by atoms with Gasteiger partial charge in [-0.15, -0.1) is 10.2 Å². The summed E-state index contributed by atoms with van der Waals surface area (Å²) >= 11 is 1.26. The molecule has 4 rings (SSSR count). The number of carbonyl (C=O) groups is 1. The molecule has 0 bridgehead atoms. The highest BCUT2D eigenvalue weighted by Gasteiger charge is 2.18. The molecule has 4 aromatic rings. The van der Waals surface area contributed by atoms with Crippen LogP contribution in [0.1, 0.15) is 5.76 Å². The quantitative estimate of drug-likeness (QED) is 0.382. The van der Waals surface area contributed by atoms with Crippen LogP contribution < -0.4 is 14.8 Å². The molecule has 1 aromatic carbocycles. The largest absolute Gasteiger partial charge is 0.497 e. The van der Waals surface area contributed by atoms with Crippen LogP contribution >= 0.6 is 11.8 Å². The maximum Gasteiger partial charge on any atom is 0.234 e. The molecule has 0 saturated carbocycles. The number of methoxy groups -OCH3 is 2. The third-order valence-electron chi connectivity index (χ3n) is 4.37. The number of carbonyl (C=O) groups excluding carboxylic acids is 1. The van der Waals surface area contributed by atoms with Gasteiger partial charge in [-0.1, -0.05) is 11.8 Å². The summed E-state index contributed by atoms with van der Waals surface area (Å²) in [5.41, 5.74) is 1.15. The van der Waals surface area contributed by atoms with Crippen LogP contribution in [0.25, 0.3) is 11.5 Å². The fraction of sp³-hybridized carbons (Fsp3) is 0.190. The number of aromatic nitrogens is 5. The van der Waals surface area contributed by atoms with Crippen LogP contribution in [0.15, 0.2) is 64.8 Å². The van der Waals surface area contributed by atoms with Crippen molar-refractivity contribution in [3.05, 3.63) is 60.9 Å². The lowest BCUT2D eigenvalue weighted by Gasteiger charge is -2.10. The highest BCUT2D eigenvalue weighted by molar-refractivity contribution is 7.99. The third kappa shape index (κ3) is 5.06. The lowest BCUT2D eigenvalue weighted by Crippen LogP contribution is -2.15. The number of thioether (sulfide) groups is 1. The van der Waals surface area contributed by atoms with E-state index in [2.05, 4.69) is 25.5 Å². The Hall–Kier alpha value is -3.86. The highest BCUT2D eigenvalue weighted by atomic mass is 32.2. The summed E-state index contributed by atoms with van der Waals surface area (Å²) < 4.78 is 17.8. The number of nitrogens with zero attached hydrogens (tertiary/aromatic N) is 5. The normalized spacial score (nSPS) is 10.7. The molecule has 0 unspecified atom stereocenters. The molecular formula is C21H20N6O4S. The Bertz CT molecular complexity index is 1160. The van der Waals surface area contributed by atoms with Crippen LogP contribution in [0.5, 0.6) is 11.5 Å². The average molecular weight is 452 g/mol. The Morgan fingerprint density at radius 1 is 1.16 bits per heavy atom. The Morgan fingerprint density at radius 3 is 2.62 bits per heavy atom. The number of ether oxygens (including phenoxy) is 2. The first-order valence-electron chi connectivity index (χ1n) is 9.54. The van der Waals surface area contributed by atoms with E-state index in [1.54, 1.807) is 57.3 Å².